The molecule has 1 unspecified atom stereocenters. The summed E-state index contributed by atoms with van der Waals surface area (Å²) in [5.74, 6) is 1.38. The van der Waals surface area contributed by atoms with Crippen LogP contribution in [0.5, 0.6) is 0 Å². The lowest BCUT2D eigenvalue weighted by Crippen LogP contribution is -2.33. The van der Waals surface area contributed by atoms with Gasteiger partial charge in [-0.25, -0.2) is 9.97 Å². The van der Waals surface area contributed by atoms with Crippen molar-refractivity contribution in [1.29, 1.82) is 0 Å². The van der Waals surface area contributed by atoms with Gasteiger partial charge in [0, 0.05) is 32.2 Å². The number of methoxy groups -OCH3 is 1. The van der Waals surface area contributed by atoms with Crippen LogP contribution >= 0.6 is 11.6 Å². The van der Waals surface area contributed by atoms with E-state index < -0.39 is 6.10 Å². The van der Waals surface area contributed by atoms with Gasteiger partial charge in [0.05, 0.1) is 12.7 Å². The Morgan fingerprint density at radius 1 is 1.42 bits per heavy atom. The average Bonchev–Trinajstić information content (AvgIpc) is 2.27. The lowest BCUT2D eigenvalue weighted by Gasteiger charge is -2.24. The van der Waals surface area contributed by atoms with E-state index in [-0.39, 0.29) is 12.0 Å². The van der Waals surface area contributed by atoms with Crippen LogP contribution in [0, 0.1) is 0 Å². The van der Waals surface area contributed by atoms with Gasteiger partial charge in [0.2, 0.25) is 0 Å². The molecule has 0 saturated heterocycles. The molecule has 0 bridgehead atoms. The molecule has 0 radical (unpaired) electrons. The molecule has 6 heteroatoms. The van der Waals surface area contributed by atoms with Crippen molar-refractivity contribution in [2.45, 2.75) is 32.3 Å². The lowest BCUT2D eigenvalue weighted by molar-refractivity contribution is 0.0694. The van der Waals surface area contributed by atoms with Gasteiger partial charge in [-0.2, -0.15) is 0 Å². The number of nitrogens with zero attached hydrogens (tertiary/aromatic N) is 3. The fourth-order valence-electron chi connectivity index (χ4n) is 1.59. The van der Waals surface area contributed by atoms with E-state index in [2.05, 4.69) is 9.97 Å². The van der Waals surface area contributed by atoms with Crippen LogP contribution in [0.1, 0.15) is 26.6 Å². The first-order chi connectivity index (χ1) is 8.74. The fraction of sp³-hybridized carbons (Fsp3) is 0.692. The number of hydrogen-bond donors (Lipinski definition) is 1. The summed E-state index contributed by atoms with van der Waals surface area (Å²) in [5.41, 5.74) is -0.175. The zero-order chi connectivity index (χ0) is 14.6. The highest BCUT2D eigenvalue weighted by molar-refractivity contribution is 6.29. The molecule has 1 rings (SSSR count). The van der Waals surface area contributed by atoms with Crippen molar-refractivity contribution in [3.8, 4) is 0 Å². The normalized spacial score (nSPS) is 13.4. The third-order valence-corrected chi connectivity index (χ3v) is 2.78. The van der Waals surface area contributed by atoms with Crippen LogP contribution in [0.15, 0.2) is 6.07 Å². The van der Waals surface area contributed by atoms with Gasteiger partial charge in [0.25, 0.3) is 0 Å². The maximum Gasteiger partial charge on any atom is 0.137 e. The van der Waals surface area contributed by atoms with Gasteiger partial charge < -0.3 is 14.7 Å². The number of aliphatic hydroxyl groups is 1. The number of ether oxygens (including phenoxy) is 1. The molecule has 0 fully saturated rings. The smallest absolute Gasteiger partial charge is 0.137 e. The summed E-state index contributed by atoms with van der Waals surface area (Å²) in [4.78, 5) is 10.6. The molecule has 0 aliphatic carbocycles. The molecule has 1 atom stereocenters. The number of aliphatic hydroxyl groups excluding tert-OH is 1. The van der Waals surface area contributed by atoms with E-state index in [1.165, 1.54) is 0 Å². The highest BCUT2D eigenvalue weighted by Gasteiger charge is 2.20. The number of aromatic nitrogens is 2. The first-order valence-corrected chi connectivity index (χ1v) is 6.55. The second-order valence-electron chi connectivity index (χ2n) is 5.61. The number of hydrogen-bond acceptors (Lipinski definition) is 5. The molecule has 0 amide bonds. The van der Waals surface area contributed by atoms with E-state index in [0.29, 0.717) is 23.3 Å². The Labute approximate surface area is 119 Å². The van der Waals surface area contributed by atoms with E-state index in [4.69, 9.17) is 16.3 Å². The SMILES string of the molecule is COCC(O)CN(C)c1cc(Cl)nc(C(C)(C)C)n1. The van der Waals surface area contributed by atoms with Crippen LogP contribution in [-0.4, -0.2) is 48.5 Å². The van der Waals surface area contributed by atoms with Crippen molar-refractivity contribution in [3.63, 3.8) is 0 Å². The minimum atomic E-state index is -0.568. The molecule has 1 N–H and O–H groups in total. The Morgan fingerprint density at radius 2 is 2.05 bits per heavy atom. The molecule has 0 spiro atoms. The lowest BCUT2D eigenvalue weighted by atomic mass is 9.96. The van der Waals surface area contributed by atoms with E-state index in [0.717, 1.165) is 0 Å². The van der Waals surface area contributed by atoms with Crippen molar-refractivity contribution >= 4 is 17.4 Å². The molecule has 1 aromatic heterocycles. The van der Waals surface area contributed by atoms with Gasteiger partial charge in [-0.05, 0) is 0 Å². The maximum atomic E-state index is 9.74. The monoisotopic (exact) mass is 287 g/mol. The van der Waals surface area contributed by atoms with Gasteiger partial charge in [0.1, 0.15) is 16.8 Å². The third kappa shape index (κ3) is 4.93. The summed E-state index contributed by atoms with van der Waals surface area (Å²) >= 11 is 6.03. The zero-order valence-corrected chi connectivity index (χ0v) is 12.9. The molecule has 19 heavy (non-hydrogen) atoms. The average molecular weight is 288 g/mol. The van der Waals surface area contributed by atoms with Gasteiger partial charge in [-0.1, -0.05) is 32.4 Å². The molecule has 5 nitrogen and oxygen atoms in total. The molecule has 1 heterocycles. The molecule has 108 valence electrons. The minimum Gasteiger partial charge on any atom is -0.389 e. The summed E-state index contributed by atoms with van der Waals surface area (Å²) in [5, 5.41) is 10.1. The Kier molecular flexibility index (Phi) is 5.52. The second kappa shape index (κ2) is 6.50. The van der Waals surface area contributed by atoms with Gasteiger partial charge >= 0.3 is 0 Å². The first kappa shape index (κ1) is 16.1. The van der Waals surface area contributed by atoms with Crippen molar-refractivity contribution in [1.82, 2.24) is 9.97 Å². The van der Waals surface area contributed by atoms with Gasteiger partial charge in [-0.15, -0.1) is 0 Å². The van der Waals surface area contributed by atoms with E-state index in [1.807, 2.05) is 32.7 Å². The largest absolute Gasteiger partial charge is 0.389 e. The molecule has 1 aromatic rings. The molecule has 0 saturated carbocycles. The van der Waals surface area contributed by atoms with Crippen molar-refractivity contribution in [2.75, 3.05) is 32.2 Å². The van der Waals surface area contributed by atoms with Crippen molar-refractivity contribution in [3.05, 3.63) is 17.0 Å². The summed E-state index contributed by atoms with van der Waals surface area (Å²) in [6.07, 6.45) is -0.568. The Balaban J connectivity index is 2.91. The maximum absolute atomic E-state index is 9.74. The quantitative estimate of drug-likeness (QED) is 0.838. The predicted octanol–water partition coefficient (Wildman–Crippen LogP) is 1.87. The highest BCUT2D eigenvalue weighted by atomic mass is 35.5. The minimum absolute atomic E-state index is 0.175. The van der Waals surface area contributed by atoms with Crippen LogP contribution in [0.3, 0.4) is 0 Å². The summed E-state index contributed by atoms with van der Waals surface area (Å²) < 4.78 is 4.91. The van der Waals surface area contributed by atoms with E-state index >= 15 is 0 Å². The van der Waals surface area contributed by atoms with Crippen LogP contribution in [0.25, 0.3) is 0 Å². The number of anilines is 1. The first-order valence-electron chi connectivity index (χ1n) is 6.17. The number of rotatable bonds is 5. The van der Waals surface area contributed by atoms with Crippen LogP contribution in [0.4, 0.5) is 5.82 Å². The number of likely N-dealkylation sites (N-methyl/N-ethyl adjacent to an activating group) is 1. The van der Waals surface area contributed by atoms with Gasteiger partial charge in [0.15, 0.2) is 0 Å². The Morgan fingerprint density at radius 3 is 2.58 bits per heavy atom. The predicted molar refractivity (Wildman–Crippen MR) is 76.9 cm³/mol. The summed E-state index contributed by atoms with van der Waals surface area (Å²) in [6.45, 7) is 6.80. The van der Waals surface area contributed by atoms with Crippen LogP contribution in [-0.2, 0) is 10.2 Å². The molecular weight excluding hydrogens is 266 g/mol. The standard InChI is InChI=1S/C13H22ClN3O2/c1-13(2,3)12-15-10(14)6-11(16-12)17(4)7-9(18)8-19-5/h6,9,18H,7-8H2,1-5H3. The molecule has 0 aromatic carbocycles. The van der Waals surface area contributed by atoms with Crippen LogP contribution < -0.4 is 4.90 Å². The fourth-order valence-corrected chi connectivity index (χ4v) is 1.77. The molecule has 0 aliphatic rings. The topological polar surface area (TPSA) is 58.5 Å². The van der Waals surface area contributed by atoms with E-state index in [1.54, 1.807) is 13.2 Å². The molecular formula is C13H22ClN3O2. The zero-order valence-electron chi connectivity index (χ0n) is 12.1. The summed E-state index contributed by atoms with van der Waals surface area (Å²) in [7, 11) is 3.41. The Hall–Kier alpha value is -0.910. The van der Waals surface area contributed by atoms with Crippen LogP contribution in [0.2, 0.25) is 5.15 Å². The third-order valence-electron chi connectivity index (χ3n) is 2.59. The second-order valence-corrected chi connectivity index (χ2v) is 6.00. The van der Waals surface area contributed by atoms with Crippen molar-refractivity contribution < 1.29 is 9.84 Å². The van der Waals surface area contributed by atoms with E-state index in [9.17, 15) is 5.11 Å². The highest BCUT2D eigenvalue weighted by Crippen LogP contribution is 2.23. The molecule has 0 aliphatic heterocycles. The van der Waals surface area contributed by atoms with Gasteiger partial charge in [-0.3, -0.25) is 0 Å². The number of halogens is 1. The van der Waals surface area contributed by atoms with Crippen molar-refractivity contribution in [2.24, 2.45) is 0 Å². The Bertz CT molecular complexity index is 421. The summed E-state index contributed by atoms with van der Waals surface area (Å²) in [6, 6.07) is 1.69.